The third-order valence-corrected chi connectivity index (χ3v) is 3.69. The van der Waals surface area contributed by atoms with Gasteiger partial charge in [0.15, 0.2) is 0 Å². The number of allylic oxidation sites excluding steroid dienone is 3. The topological polar surface area (TPSA) is 61.9 Å². The van der Waals surface area contributed by atoms with Crippen LogP contribution in [0, 0.1) is 4.91 Å². The van der Waals surface area contributed by atoms with Gasteiger partial charge in [0, 0.05) is 23.6 Å². The van der Waals surface area contributed by atoms with E-state index in [0.29, 0.717) is 5.70 Å². The van der Waals surface area contributed by atoms with Gasteiger partial charge in [-0.2, -0.15) is 13.2 Å². The summed E-state index contributed by atoms with van der Waals surface area (Å²) in [6.07, 6.45) is 2.94. The van der Waals surface area contributed by atoms with Crippen molar-refractivity contribution in [2.45, 2.75) is 26.1 Å². The summed E-state index contributed by atoms with van der Waals surface area (Å²) in [7, 11) is 0. The van der Waals surface area contributed by atoms with Gasteiger partial charge >= 0.3 is 6.18 Å². The SMILES string of the molecule is C/C(N)=C/N1C(CN(N=O)c2ccc(C(F)(F)F)cc2)=CC=CC1C. The Morgan fingerprint density at radius 1 is 1.36 bits per heavy atom. The van der Waals surface area contributed by atoms with Gasteiger partial charge in [0.25, 0.3) is 0 Å². The Morgan fingerprint density at radius 3 is 2.52 bits per heavy atom. The lowest BCUT2D eigenvalue weighted by Gasteiger charge is -2.32. The highest BCUT2D eigenvalue weighted by Crippen LogP contribution is 2.31. The van der Waals surface area contributed by atoms with Crippen LogP contribution in [0.4, 0.5) is 18.9 Å². The fourth-order valence-electron chi connectivity index (χ4n) is 2.47. The second kappa shape index (κ2) is 7.42. The molecule has 1 aromatic rings. The van der Waals surface area contributed by atoms with Crippen LogP contribution in [0.2, 0.25) is 0 Å². The van der Waals surface area contributed by atoms with E-state index in [9.17, 15) is 18.1 Å². The molecule has 0 bridgehead atoms. The number of anilines is 1. The van der Waals surface area contributed by atoms with Gasteiger partial charge in [0.1, 0.15) is 0 Å². The Labute approximate surface area is 143 Å². The molecule has 2 N–H and O–H groups in total. The van der Waals surface area contributed by atoms with E-state index in [1.165, 1.54) is 12.1 Å². The Balaban J connectivity index is 2.23. The van der Waals surface area contributed by atoms with Gasteiger partial charge in [-0.15, -0.1) is 4.91 Å². The van der Waals surface area contributed by atoms with E-state index in [0.717, 1.165) is 22.8 Å². The number of hydrogen-bond donors (Lipinski definition) is 1. The molecule has 0 aliphatic carbocycles. The van der Waals surface area contributed by atoms with E-state index in [1.54, 1.807) is 13.1 Å². The van der Waals surface area contributed by atoms with Gasteiger partial charge in [-0.1, -0.05) is 12.2 Å². The maximum atomic E-state index is 12.7. The Hall–Kier alpha value is -2.77. The number of rotatable bonds is 5. The lowest BCUT2D eigenvalue weighted by molar-refractivity contribution is -0.137. The lowest BCUT2D eigenvalue weighted by Crippen LogP contribution is -2.34. The highest BCUT2D eigenvalue weighted by atomic mass is 19.4. The molecule has 1 aliphatic heterocycles. The molecule has 1 aliphatic rings. The van der Waals surface area contributed by atoms with Crippen LogP contribution in [-0.2, 0) is 6.18 Å². The van der Waals surface area contributed by atoms with E-state index < -0.39 is 11.7 Å². The maximum absolute atomic E-state index is 12.7. The van der Waals surface area contributed by atoms with E-state index >= 15 is 0 Å². The van der Waals surface area contributed by atoms with Crippen molar-refractivity contribution in [1.82, 2.24) is 4.90 Å². The molecule has 1 atom stereocenters. The number of nitrogens with zero attached hydrogens (tertiary/aromatic N) is 3. The van der Waals surface area contributed by atoms with Gasteiger partial charge in [0.05, 0.1) is 23.1 Å². The monoisotopic (exact) mass is 352 g/mol. The predicted molar refractivity (Wildman–Crippen MR) is 91.1 cm³/mol. The molecule has 0 spiro atoms. The zero-order valence-electron chi connectivity index (χ0n) is 13.9. The molecule has 5 nitrogen and oxygen atoms in total. The standard InChI is InChI=1S/C17H19F3N4O/c1-12(21)10-23-13(2)4-3-5-16(23)11-24(22-25)15-8-6-14(7-9-15)17(18,19)20/h3-10,13H,11,21H2,1-2H3/b12-10-. The second-order valence-electron chi connectivity index (χ2n) is 5.75. The molecule has 0 amide bonds. The summed E-state index contributed by atoms with van der Waals surface area (Å²) in [6, 6.07) is 4.32. The zero-order valence-corrected chi connectivity index (χ0v) is 13.9. The van der Waals surface area contributed by atoms with Crippen LogP contribution in [0.5, 0.6) is 0 Å². The fraction of sp³-hybridized carbons (Fsp3) is 0.294. The molecule has 134 valence electrons. The number of halogens is 3. The van der Waals surface area contributed by atoms with Crippen LogP contribution in [0.3, 0.4) is 0 Å². The summed E-state index contributed by atoms with van der Waals surface area (Å²) in [4.78, 5) is 13.1. The first-order valence-electron chi connectivity index (χ1n) is 7.60. The van der Waals surface area contributed by atoms with Gasteiger partial charge in [-0.3, -0.25) is 0 Å². The lowest BCUT2D eigenvalue weighted by atomic mass is 10.1. The van der Waals surface area contributed by atoms with Crippen molar-refractivity contribution in [2.24, 2.45) is 11.0 Å². The minimum absolute atomic E-state index is 0.0274. The van der Waals surface area contributed by atoms with Crippen molar-refractivity contribution < 1.29 is 13.2 Å². The van der Waals surface area contributed by atoms with Crippen LogP contribution in [-0.4, -0.2) is 17.5 Å². The van der Waals surface area contributed by atoms with Crippen LogP contribution in [0.15, 0.2) is 65.4 Å². The van der Waals surface area contributed by atoms with Gasteiger partial charge in [-0.05, 0) is 44.2 Å². The van der Waals surface area contributed by atoms with Crippen molar-refractivity contribution in [2.75, 3.05) is 11.6 Å². The summed E-state index contributed by atoms with van der Waals surface area (Å²) in [5.41, 5.74) is 6.58. The predicted octanol–water partition coefficient (Wildman–Crippen LogP) is 4.16. The first-order chi connectivity index (χ1) is 11.7. The first kappa shape index (κ1) is 18.6. The summed E-state index contributed by atoms with van der Waals surface area (Å²) in [5, 5.41) is 4.04. The molecule has 2 rings (SSSR count). The number of nitroso groups, excluding NO2 is 1. The van der Waals surface area contributed by atoms with Crippen LogP contribution in [0.1, 0.15) is 19.4 Å². The van der Waals surface area contributed by atoms with Crippen LogP contribution in [0.25, 0.3) is 0 Å². The number of benzene rings is 1. The summed E-state index contributed by atoms with van der Waals surface area (Å²) in [6.45, 7) is 3.81. The van der Waals surface area contributed by atoms with E-state index in [4.69, 9.17) is 5.73 Å². The Bertz CT molecular complexity index is 704. The molecule has 25 heavy (non-hydrogen) atoms. The van der Waals surface area contributed by atoms with E-state index in [2.05, 4.69) is 5.29 Å². The minimum atomic E-state index is -4.43. The van der Waals surface area contributed by atoms with Crippen molar-refractivity contribution in [3.63, 3.8) is 0 Å². The molecule has 0 fully saturated rings. The van der Waals surface area contributed by atoms with Gasteiger partial charge in [0.2, 0.25) is 0 Å². The van der Waals surface area contributed by atoms with Crippen LogP contribution < -0.4 is 10.7 Å². The van der Waals surface area contributed by atoms with E-state index in [1.807, 2.05) is 30.1 Å². The molecule has 1 unspecified atom stereocenters. The number of alkyl halides is 3. The number of hydrogen-bond acceptors (Lipinski definition) is 4. The molecule has 1 aromatic carbocycles. The minimum Gasteiger partial charge on any atom is -0.401 e. The smallest absolute Gasteiger partial charge is 0.401 e. The maximum Gasteiger partial charge on any atom is 0.416 e. The average molecular weight is 352 g/mol. The Kier molecular flexibility index (Phi) is 5.51. The van der Waals surface area contributed by atoms with Crippen molar-refractivity contribution in [3.05, 3.63) is 70.6 Å². The molecule has 1 heterocycles. The third kappa shape index (κ3) is 4.62. The van der Waals surface area contributed by atoms with Gasteiger partial charge in [-0.25, -0.2) is 5.01 Å². The summed E-state index contributed by atoms with van der Waals surface area (Å²) >= 11 is 0. The highest BCUT2D eigenvalue weighted by Gasteiger charge is 2.30. The molecule has 0 saturated carbocycles. The van der Waals surface area contributed by atoms with Crippen molar-refractivity contribution in [3.8, 4) is 0 Å². The fourth-order valence-corrected chi connectivity index (χ4v) is 2.47. The Morgan fingerprint density at radius 2 is 2.00 bits per heavy atom. The normalized spacial score (nSPS) is 18.1. The van der Waals surface area contributed by atoms with Crippen molar-refractivity contribution in [1.29, 1.82) is 0 Å². The molecule has 8 heteroatoms. The summed E-state index contributed by atoms with van der Waals surface area (Å²) < 4.78 is 38.0. The molecular formula is C17H19F3N4O. The third-order valence-electron chi connectivity index (χ3n) is 3.69. The molecule has 0 radical (unpaired) electrons. The molecular weight excluding hydrogens is 333 g/mol. The molecule has 0 aromatic heterocycles. The largest absolute Gasteiger partial charge is 0.416 e. The zero-order chi connectivity index (χ0) is 18.6. The second-order valence-corrected chi connectivity index (χ2v) is 5.75. The number of nitrogens with two attached hydrogens (primary N) is 1. The summed E-state index contributed by atoms with van der Waals surface area (Å²) in [5.74, 6) is 0. The quantitative estimate of drug-likeness (QED) is 0.638. The average Bonchev–Trinajstić information content (AvgIpc) is 2.54. The van der Waals surface area contributed by atoms with Gasteiger partial charge < -0.3 is 10.6 Å². The first-order valence-corrected chi connectivity index (χ1v) is 7.60. The van der Waals surface area contributed by atoms with E-state index in [-0.39, 0.29) is 18.3 Å². The molecule has 0 saturated heterocycles. The van der Waals surface area contributed by atoms with Crippen LogP contribution >= 0.6 is 0 Å². The van der Waals surface area contributed by atoms with Crippen molar-refractivity contribution >= 4 is 5.69 Å². The highest BCUT2D eigenvalue weighted by molar-refractivity contribution is 5.48.